The fraction of sp³-hybridized carbons (Fsp3) is 0.300. The summed E-state index contributed by atoms with van der Waals surface area (Å²) >= 11 is 0. The number of hydrogen-bond donors (Lipinski definition) is 2. The Bertz CT molecular complexity index is 748. The average molecular weight is 322 g/mol. The van der Waals surface area contributed by atoms with Crippen molar-refractivity contribution in [1.29, 1.82) is 0 Å². The first-order valence-electron chi connectivity index (χ1n) is 8.30. The lowest BCUT2D eigenvalue weighted by atomic mass is 9.97. The van der Waals surface area contributed by atoms with E-state index in [4.69, 9.17) is 5.73 Å². The lowest BCUT2D eigenvalue weighted by Gasteiger charge is -2.13. The van der Waals surface area contributed by atoms with E-state index in [0.29, 0.717) is 29.2 Å². The van der Waals surface area contributed by atoms with Crippen molar-refractivity contribution < 1.29 is 9.59 Å². The molecule has 24 heavy (non-hydrogen) atoms. The number of carbonyl (C=O) groups is 2. The van der Waals surface area contributed by atoms with E-state index in [1.165, 1.54) is 0 Å². The second kappa shape index (κ2) is 6.97. The summed E-state index contributed by atoms with van der Waals surface area (Å²) in [6.45, 7) is 2.41. The molecule has 4 heteroatoms. The molecule has 1 fully saturated rings. The molecule has 1 amide bonds. The predicted octanol–water partition coefficient (Wildman–Crippen LogP) is 2.69. The van der Waals surface area contributed by atoms with E-state index in [-0.39, 0.29) is 17.7 Å². The first-order valence-corrected chi connectivity index (χ1v) is 8.30. The van der Waals surface area contributed by atoms with Crippen LogP contribution in [0.5, 0.6) is 0 Å². The minimum absolute atomic E-state index is 0.00564. The third kappa shape index (κ3) is 3.71. The van der Waals surface area contributed by atoms with Crippen LogP contribution in [0.3, 0.4) is 0 Å². The van der Waals surface area contributed by atoms with Gasteiger partial charge >= 0.3 is 0 Å². The molecular formula is C20H22N2O2. The normalized spacial score (nSPS) is 14.9. The van der Waals surface area contributed by atoms with Gasteiger partial charge in [0.15, 0.2) is 5.78 Å². The highest BCUT2D eigenvalue weighted by molar-refractivity contribution is 6.15. The van der Waals surface area contributed by atoms with Crippen LogP contribution in [0.1, 0.15) is 44.7 Å². The topological polar surface area (TPSA) is 72.2 Å². The standard InChI is InChI=1S/C20H22N2O2/c1-13-6-8-15(9-7-13)19(23)16-4-2-3-5-17(16)20(24)22-12-18(21)14-10-11-14/h2-9,14,18H,10-12,21H2,1H3,(H,22,24). The van der Waals surface area contributed by atoms with Gasteiger partial charge in [-0.1, -0.05) is 48.0 Å². The summed E-state index contributed by atoms with van der Waals surface area (Å²) in [7, 11) is 0. The lowest BCUT2D eigenvalue weighted by Crippen LogP contribution is -2.39. The Balaban J connectivity index is 1.77. The molecule has 2 aromatic carbocycles. The van der Waals surface area contributed by atoms with Crippen LogP contribution in [0.2, 0.25) is 0 Å². The molecule has 0 aliphatic heterocycles. The van der Waals surface area contributed by atoms with Crippen LogP contribution in [-0.4, -0.2) is 24.3 Å². The van der Waals surface area contributed by atoms with Gasteiger partial charge in [-0.15, -0.1) is 0 Å². The number of aryl methyl sites for hydroxylation is 1. The largest absolute Gasteiger partial charge is 0.350 e. The molecule has 1 atom stereocenters. The second-order valence-electron chi connectivity index (χ2n) is 6.45. The zero-order valence-electron chi connectivity index (χ0n) is 13.8. The first-order chi connectivity index (χ1) is 11.6. The SMILES string of the molecule is Cc1ccc(C(=O)c2ccccc2C(=O)NCC(N)C2CC2)cc1. The van der Waals surface area contributed by atoms with E-state index in [9.17, 15) is 9.59 Å². The molecule has 1 aliphatic carbocycles. The number of hydrogen-bond acceptors (Lipinski definition) is 3. The van der Waals surface area contributed by atoms with Gasteiger partial charge in [0, 0.05) is 23.7 Å². The minimum atomic E-state index is -0.248. The fourth-order valence-electron chi connectivity index (χ4n) is 2.74. The van der Waals surface area contributed by atoms with E-state index in [1.807, 2.05) is 19.1 Å². The summed E-state index contributed by atoms with van der Waals surface area (Å²) in [5.74, 6) is 0.129. The van der Waals surface area contributed by atoms with Gasteiger partial charge in [0.05, 0.1) is 5.56 Å². The van der Waals surface area contributed by atoms with Crippen LogP contribution in [-0.2, 0) is 0 Å². The number of benzene rings is 2. The van der Waals surface area contributed by atoms with Crippen molar-refractivity contribution in [2.45, 2.75) is 25.8 Å². The summed E-state index contributed by atoms with van der Waals surface area (Å²) in [6, 6.07) is 14.3. The molecular weight excluding hydrogens is 300 g/mol. The van der Waals surface area contributed by atoms with Crippen LogP contribution in [0.4, 0.5) is 0 Å². The third-order valence-corrected chi connectivity index (χ3v) is 4.46. The van der Waals surface area contributed by atoms with Gasteiger partial charge < -0.3 is 11.1 Å². The molecule has 0 radical (unpaired) electrons. The van der Waals surface area contributed by atoms with Crippen LogP contribution in [0.25, 0.3) is 0 Å². The lowest BCUT2D eigenvalue weighted by molar-refractivity contribution is 0.0939. The molecule has 0 bridgehead atoms. The first kappa shape index (κ1) is 16.4. The number of nitrogens with two attached hydrogens (primary N) is 1. The van der Waals surface area contributed by atoms with Crippen molar-refractivity contribution in [3.63, 3.8) is 0 Å². The van der Waals surface area contributed by atoms with E-state index >= 15 is 0 Å². The van der Waals surface area contributed by atoms with Crippen molar-refractivity contribution in [3.8, 4) is 0 Å². The minimum Gasteiger partial charge on any atom is -0.350 e. The van der Waals surface area contributed by atoms with Crippen LogP contribution in [0, 0.1) is 12.8 Å². The Labute approximate surface area is 142 Å². The smallest absolute Gasteiger partial charge is 0.252 e. The Morgan fingerprint density at radius 2 is 1.71 bits per heavy atom. The van der Waals surface area contributed by atoms with Gasteiger partial charge in [-0.25, -0.2) is 0 Å². The predicted molar refractivity (Wildman–Crippen MR) is 94.1 cm³/mol. The van der Waals surface area contributed by atoms with Gasteiger partial charge in [-0.05, 0) is 31.7 Å². The zero-order valence-corrected chi connectivity index (χ0v) is 13.8. The second-order valence-corrected chi connectivity index (χ2v) is 6.45. The Morgan fingerprint density at radius 1 is 1.08 bits per heavy atom. The van der Waals surface area contributed by atoms with Crippen molar-refractivity contribution in [3.05, 3.63) is 70.8 Å². The highest BCUT2D eigenvalue weighted by Gasteiger charge is 2.28. The molecule has 0 spiro atoms. The molecule has 0 aromatic heterocycles. The van der Waals surface area contributed by atoms with Crippen LogP contribution >= 0.6 is 0 Å². The highest BCUT2D eigenvalue weighted by Crippen LogP contribution is 2.31. The van der Waals surface area contributed by atoms with Crippen LogP contribution < -0.4 is 11.1 Å². The zero-order chi connectivity index (χ0) is 17.1. The molecule has 1 unspecified atom stereocenters. The van der Waals surface area contributed by atoms with Gasteiger partial charge in [-0.2, -0.15) is 0 Å². The maximum absolute atomic E-state index is 12.7. The highest BCUT2D eigenvalue weighted by atomic mass is 16.2. The van der Waals surface area contributed by atoms with Gasteiger partial charge in [0.25, 0.3) is 5.91 Å². The molecule has 1 saturated carbocycles. The number of amides is 1. The maximum atomic E-state index is 12.7. The summed E-state index contributed by atoms with van der Waals surface area (Å²) < 4.78 is 0. The van der Waals surface area contributed by atoms with Gasteiger partial charge in [-0.3, -0.25) is 9.59 Å². The van der Waals surface area contributed by atoms with Crippen molar-refractivity contribution in [1.82, 2.24) is 5.32 Å². The van der Waals surface area contributed by atoms with Gasteiger partial charge in [0.2, 0.25) is 0 Å². The number of carbonyl (C=O) groups excluding carboxylic acids is 2. The van der Waals surface area contributed by atoms with Crippen LogP contribution in [0.15, 0.2) is 48.5 Å². The molecule has 2 aromatic rings. The Hall–Kier alpha value is -2.46. The Morgan fingerprint density at radius 3 is 2.33 bits per heavy atom. The van der Waals surface area contributed by atoms with Crippen molar-refractivity contribution >= 4 is 11.7 Å². The van der Waals surface area contributed by atoms with E-state index in [1.54, 1.807) is 36.4 Å². The average Bonchev–Trinajstić information content (AvgIpc) is 3.44. The molecule has 1 aliphatic rings. The summed E-state index contributed by atoms with van der Waals surface area (Å²) in [5.41, 5.74) is 8.51. The van der Waals surface area contributed by atoms with E-state index in [2.05, 4.69) is 5.32 Å². The monoisotopic (exact) mass is 322 g/mol. The quantitative estimate of drug-likeness (QED) is 0.803. The molecule has 3 rings (SSSR count). The van der Waals surface area contributed by atoms with Crippen molar-refractivity contribution in [2.24, 2.45) is 11.7 Å². The van der Waals surface area contributed by atoms with Crippen molar-refractivity contribution in [2.75, 3.05) is 6.54 Å². The van der Waals surface area contributed by atoms with E-state index in [0.717, 1.165) is 18.4 Å². The third-order valence-electron chi connectivity index (χ3n) is 4.46. The molecule has 4 nitrogen and oxygen atoms in total. The summed E-state index contributed by atoms with van der Waals surface area (Å²) in [4.78, 5) is 25.2. The van der Waals surface area contributed by atoms with E-state index < -0.39 is 0 Å². The number of ketones is 1. The maximum Gasteiger partial charge on any atom is 0.252 e. The summed E-state index contributed by atoms with van der Waals surface area (Å²) in [5, 5.41) is 2.86. The molecule has 0 heterocycles. The fourth-order valence-corrected chi connectivity index (χ4v) is 2.74. The number of nitrogens with one attached hydrogen (secondary N) is 1. The van der Waals surface area contributed by atoms with Gasteiger partial charge in [0.1, 0.15) is 0 Å². The molecule has 3 N–H and O–H groups in total. The molecule has 0 saturated heterocycles. The summed E-state index contributed by atoms with van der Waals surface area (Å²) in [6.07, 6.45) is 2.28. The number of rotatable bonds is 6. The Kier molecular flexibility index (Phi) is 4.76. The molecule has 124 valence electrons.